The van der Waals surface area contributed by atoms with Crippen molar-refractivity contribution in [3.05, 3.63) is 200 Å². The summed E-state index contributed by atoms with van der Waals surface area (Å²) in [7, 11) is 0. The van der Waals surface area contributed by atoms with Gasteiger partial charge in [-0.3, -0.25) is 9.55 Å². The number of pyridine rings is 1. The van der Waals surface area contributed by atoms with Crippen molar-refractivity contribution in [2.45, 2.75) is 0 Å². The second-order valence-corrected chi connectivity index (χ2v) is 14.3. The van der Waals surface area contributed by atoms with Crippen LogP contribution in [0.15, 0.2) is 200 Å². The van der Waals surface area contributed by atoms with Crippen LogP contribution in [0.4, 0.5) is 0 Å². The fourth-order valence-corrected chi connectivity index (χ4v) is 8.35. The number of imidazole rings is 1. The molecule has 0 radical (unpaired) electrons. The van der Waals surface area contributed by atoms with Gasteiger partial charge in [0.05, 0.1) is 27.9 Å². The van der Waals surface area contributed by atoms with Gasteiger partial charge in [0.1, 0.15) is 5.82 Å². The first-order chi connectivity index (χ1) is 27.8. The van der Waals surface area contributed by atoms with E-state index in [2.05, 4.69) is 204 Å². The lowest BCUT2D eigenvalue weighted by atomic mass is 9.93. The number of aromatic amines is 1. The zero-order valence-corrected chi connectivity index (χ0v) is 30.4. The van der Waals surface area contributed by atoms with Gasteiger partial charge in [0, 0.05) is 44.6 Å². The highest BCUT2D eigenvalue weighted by atomic mass is 15.1. The number of hydrogen-bond donors (Lipinski definition) is 1. The maximum Gasteiger partial charge on any atom is 0.147 e. The first-order valence-electron chi connectivity index (χ1n) is 19.0. The van der Waals surface area contributed by atoms with Crippen molar-refractivity contribution in [3.8, 4) is 61.7 Å². The highest BCUT2D eigenvalue weighted by molar-refractivity contribution is 6.12. The molecule has 0 aliphatic heterocycles. The lowest BCUT2D eigenvalue weighted by Gasteiger charge is -2.14. The molecule has 1 N–H and O–H groups in total. The lowest BCUT2D eigenvalue weighted by Crippen LogP contribution is -1.99. The molecular formula is C52H34N4. The summed E-state index contributed by atoms with van der Waals surface area (Å²) in [5.74, 6) is 0.887. The van der Waals surface area contributed by atoms with E-state index < -0.39 is 0 Å². The quantitative estimate of drug-likeness (QED) is 0.186. The summed E-state index contributed by atoms with van der Waals surface area (Å²) in [4.78, 5) is 14.3. The van der Waals surface area contributed by atoms with Crippen LogP contribution >= 0.6 is 0 Å². The highest BCUT2D eigenvalue weighted by Gasteiger charge is 2.22. The average molecular weight is 715 g/mol. The molecule has 0 spiro atoms. The van der Waals surface area contributed by atoms with Gasteiger partial charge in [-0.15, -0.1) is 0 Å². The first kappa shape index (κ1) is 31.9. The van der Waals surface area contributed by atoms with Crippen LogP contribution in [0.2, 0.25) is 0 Å². The SMILES string of the molecule is c1ccc(-c2cc(-c3cc(-c4ccccc4)ccn3)cc(-c3cccc4c3nc(-c3cccc5c3[nH]c3ccccc35)n4-c3cccc4ccccc34)c2)cc1. The van der Waals surface area contributed by atoms with Crippen molar-refractivity contribution in [1.29, 1.82) is 0 Å². The molecule has 3 heterocycles. The number of rotatable bonds is 6. The van der Waals surface area contributed by atoms with Crippen molar-refractivity contribution >= 4 is 43.6 Å². The summed E-state index contributed by atoms with van der Waals surface area (Å²) >= 11 is 0. The Morgan fingerprint density at radius 2 is 1.07 bits per heavy atom. The molecule has 0 atom stereocenters. The van der Waals surface area contributed by atoms with Gasteiger partial charge in [-0.25, -0.2) is 4.98 Å². The van der Waals surface area contributed by atoms with E-state index in [1.165, 1.54) is 21.5 Å². The maximum atomic E-state index is 5.65. The van der Waals surface area contributed by atoms with Gasteiger partial charge >= 0.3 is 0 Å². The molecule has 0 bridgehead atoms. The third-order valence-corrected chi connectivity index (χ3v) is 11.0. The summed E-state index contributed by atoms with van der Waals surface area (Å²) < 4.78 is 2.36. The van der Waals surface area contributed by atoms with Crippen LogP contribution < -0.4 is 0 Å². The number of aromatic nitrogens is 4. The Kier molecular flexibility index (Phi) is 7.46. The summed E-state index contributed by atoms with van der Waals surface area (Å²) in [5.41, 5.74) is 15.0. The molecule has 262 valence electrons. The van der Waals surface area contributed by atoms with Crippen LogP contribution in [0.1, 0.15) is 0 Å². The Morgan fingerprint density at radius 3 is 1.93 bits per heavy atom. The number of benzene rings is 8. The van der Waals surface area contributed by atoms with Crippen molar-refractivity contribution in [1.82, 2.24) is 19.5 Å². The van der Waals surface area contributed by atoms with Crippen molar-refractivity contribution in [2.24, 2.45) is 0 Å². The molecule has 0 fully saturated rings. The Bertz CT molecular complexity index is 3240. The topological polar surface area (TPSA) is 46.5 Å². The predicted octanol–water partition coefficient (Wildman–Crippen LogP) is 13.5. The van der Waals surface area contributed by atoms with Gasteiger partial charge in [0.2, 0.25) is 0 Å². The smallest absolute Gasteiger partial charge is 0.147 e. The van der Waals surface area contributed by atoms with E-state index in [-0.39, 0.29) is 0 Å². The van der Waals surface area contributed by atoms with Crippen LogP contribution in [0, 0.1) is 0 Å². The lowest BCUT2D eigenvalue weighted by molar-refractivity contribution is 1.12. The molecule has 4 nitrogen and oxygen atoms in total. The van der Waals surface area contributed by atoms with E-state index in [4.69, 9.17) is 9.97 Å². The number of para-hydroxylation sites is 3. The minimum absolute atomic E-state index is 0.887. The van der Waals surface area contributed by atoms with Gasteiger partial charge in [0.15, 0.2) is 0 Å². The molecule has 56 heavy (non-hydrogen) atoms. The van der Waals surface area contributed by atoms with Crippen LogP contribution in [0.5, 0.6) is 0 Å². The number of hydrogen-bond acceptors (Lipinski definition) is 2. The summed E-state index contributed by atoms with van der Waals surface area (Å²) in [6.45, 7) is 0. The number of fused-ring (bicyclic) bond motifs is 5. The van der Waals surface area contributed by atoms with E-state index in [0.717, 1.165) is 83.8 Å². The zero-order valence-electron chi connectivity index (χ0n) is 30.4. The maximum absolute atomic E-state index is 5.65. The fourth-order valence-electron chi connectivity index (χ4n) is 8.35. The Hall–Kier alpha value is -7.56. The molecule has 11 aromatic rings. The van der Waals surface area contributed by atoms with Crippen LogP contribution in [0.25, 0.3) is 105 Å². The second kappa shape index (κ2) is 13.1. The van der Waals surface area contributed by atoms with Gasteiger partial charge in [0.25, 0.3) is 0 Å². The monoisotopic (exact) mass is 714 g/mol. The van der Waals surface area contributed by atoms with Gasteiger partial charge in [-0.1, -0.05) is 140 Å². The van der Waals surface area contributed by atoms with E-state index >= 15 is 0 Å². The Balaban J connectivity index is 1.19. The van der Waals surface area contributed by atoms with E-state index in [0.29, 0.717) is 0 Å². The largest absolute Gasteiger partial charge is 0.354 e. The van der Waals surface area contributed by atoms with E-state index in [1.807, 2.05) is 6.20 Å². The molecule has 0 saturated carbocycles. The van der Waals surface area contributed by atoms with Gasteiger partial charge in [-0.05, 0) is 87.8 Å². The van der Waals surface area contributed by atoms with Crippen LogP contribution in [-0.2, 0) is 0 Å². The molecule has 3 aromatic heterocycles. The average Bonchev–Trinajstić information content (AvgIpc) is 3.86. The van der Waals surface area contributed by atoms with Crippen LogP contribution in [-0.4, -0.2) is 19.5 Å². The third kappa shape index (κ3) is 5.31. The fraction of sp³-hybridized carbons (Fsp3) is 0. The van der Waals surface area contributed by atoms with Crippen molar-refractivity contribution in [3.63, 3.8) is 0 Å². The predicted molar refractivity (Wildman–Crippen MR) is 233 cm³/mol. The molecule has 8 aromatic carbocycles. The third-order valence-electron chi connectivity index (χ3n) is 11.0. The second-order valence-electron chi connectivity index (χ2n) is 14.3. The number of nitrogens with one attached hydrogen (secondary N) is 1. The van der Waals surface area contributed by atoms with Crippen LogP contribution in [0.3, 0.4) is 0 Å². The molecule has 0 unspecified atom stereocenters. The van der Waals surface area contributed by atoms with Crippen molar-refractivity contribution in [2.75, 3.05) is 0 Å². The molecule has 4 heteroatoms. The molecule has 11 rings (SSSR count). The minimum atomic E-state index is 0.887. The molecule has 0 amide bonds. The summed E-state index contributed by atoms with van der Waals surface area (Å²) in [5, 5.41) is 4.74. The zero-order chi connectivity index (χ0) is 37.0. The summed E-state index contributed by atoms with van der Waals surface area (Å²) in [6, 6.07) is 69.0. The Labute approximate surface area is 324 Å². The standard InChI is InChI=1S/C52H34N4/c1-3-14-34(15-4-1)37-28-29-53-47(33-37)40-31-38(35-16-5-2-6-17-35)30-39(32-40)42-22-13-27-49-51(42)55-52(56(49)48-26-11-19-36-18-7-8-20-41(36)48)45-24-12-23-44-43-21-9-10-25-46(43)54-50(44)45/h1-33,54H. The molecule has 0 saturated heterocycles. The van der Waals surface area contributed by atoms with Gasteiger partial charge in [-0.2, -0.15) is 0 Å². The molecular weight excluding hydrogens is 681 g/mol. The normalized spacial score (nSPS) is 11.6. The number of H-pyrrole nitrogens is 1. The minimum Gasteiger partial charge on any atom is -0.354 e. The Morgan fingerprint density at radius 1 is 0.429 bits per heavy atom. The summed E-state index contributed by atoms with van der Waals surface area (Å²) in [6.07, 6.45) is 1.91. The molecule has 0 aliphatic rings. The molecule has 0 aliphatic carbocycles. The van der Waals surface area contributed by atoms with E-state index in [1.54, 1.807) is 0 Å². The van der Waals surface area contributed by atoms with Gasteiger partial charge < -0.3 is 4.98 Å². The first-order valence-corrected chi connectivity index (χ1v) is 19.0. The highest BCUT2D eigenvalue weighted by Crippen LogP contribution is 2.41. The van der Waals surface area contributed by atoms with E-state index in [9.17, 15) is 0 Å². The number of nitrogens with zero attached hydrogens (tertiary/aromatic N) is 3. The van der Waals surface area contributed by atoms with Crippen molar-refractivity contribution < 1.29 is 0 Å².